The summed E-state index contributed by atoms with van der Waals surface area (Å²) in [5, 5.41) is 22.7. The fourth-order valence-electron chi connectivity index (χ4n) is 7.24. The number of rotatable bonds is 6. The van der Waals surface area contributed by atoms with E-state index in [2.05, 4.69) is 38.1 Å². The monoisotopic (exact) mass is 488 g/mol. The van der Waals surface area contributed by atoms with Gasteiger partial charge in [-0.05, 0) is 50.4 Å². The summed E-state index contributed by atoms with van der Waals surface area (Å²) >= 11 is 0. The van der Waals surface area contributed by atoms with Crippen LogP contribution in [-0.2, 0) is 14.8 Å². The maximum Gasteiger partial charge on any atom is 0.211 e. The quantitative estimate of drug-likeness (QED) is 0.189. The maximum atomic E-state index is 11.6. The van der Waals surface area contributed by atoms with Crippen LogP contribution in [0.4, 0.5) is 0 Å². The molecule has 0 bridgehead atoms. The molecule has 5 aliphatic rings. The first-order chi connectivity index (χ1) is 15.8. The van der Waals surface area contributed by atoms with Gasteiger partial charge in [0.05, 0.1) is 42.1 Å². The first-order valence-corrected chi connectivity index (χ1v) is 14.4. The van der Waals surface area contributed by atoms with Crippen LogP contribution >= 0.6 is 0 Å². The number of nitrogens with one attached hydrogen (secondary N) is 5. The molecule has 33 heavy (non-hydrogen) atoms. The molecule has 0 aromatic heterocycles. The van der Waals surface area contributed by atoms with Crippen LogP contribution in [0.3, 0.4) is 0 Å². The lowest BCUT2D eigenvalue weighted by molar-refractivity contribution is -0.488. The van der Waals surface area contributed by atoms with Gasteiger partial charge in [0, 0.05) is 25.6 Å². The lowest BCUT2D eigenvalue weighted by Gasteiger charge is -2.43. The van der Waals surface area contributed by atoms with Crippen molar-refractivity contribution in [2.45, 2.75) is 99.5 Å². The van der Waals surface area contributed by atoms with Crippen molar-refractivity contribution in [3.8, 4) is 0 Å². The van der Waals surface area contributed by atoms with Crippen molar-refractivity contribution in [2.24, 2.45) is 22.9 Å². The summed E-state index contributed by atoms with van der Waals surface area (Å²) in [6, 6.07) is 1.47. The van der Waals surface area contributed by atoms with E-state index in [0.29, 0.717) is 36.8 Å². The molecule has 12 heteroatoms. The highest BCUT2D eigenvalue weighted by Crippen LogP contribution is 2.42. The van der Waals surface area contributed by atoms with E-state index in [0.717, 1.165) is 38.5 Å². The van der Waals surface area contributed by atoms with Crippen LogP contribution in [0.25, 0.3) is 0 Å². The Labute approximate surface area is 197 Å². The van der Waals surface area contributed by atoms with Crippen molar-refractivity contribution in [3.63, 3.8) is 0 Å². The molecule has 3 aliphatic carbocycles. The van der Waals surface area contributed by atoms with E-state index in [9.17, 15) is 8.42 Å². The van der Waals surface area contributed by atoms with Gasteiger partial charge >= 0.3 is 0 Å². The minimum atomic E-state index is -3.44. The van der Waals surface area contributed by atoms with Crippen LogP contribution in [0.15, 0.2) is 0 Å². The van der Waals surface area contributed by atoms with Gasteiger partial charge in [-0.2, -0.15) is 0 Å². The molecule has 2 heterocycles. The highest BCUT2D eigenvalue weighted by atomic mass is 32.2. The largest absolute Gasteiger partial charge is 0.361 e. The molecular formula is C21H44N8O3S+2. The van der Waals surface area contributed by atoms with E-state index >= 15 is 0 Å². The summed E-state index contributed by atoms with van der Waals surface area (Å²) in [5.74, 6) is 2.02. The van der Waals surface area contributed by atoms with Crippen LogP contribution in [0.1, 0.15) is 51.4 Å². The second-order valence-corrected chi connectivity index (χ2v) is 13.0. The fraction of sp³-hybridized carbons (Fsp3) is 1.00. The standard InChI is InChI=1S/C21H42N8O3S/c22-15-6-1-12-7-11(8-16(23)17(12)15)9-32-20-18-19(26-10-25-18)28-21(29-20)27-13-2-4-14(5-3-13)33(24,30)31/h11-21,25-29H,1-10,22-23H2,(H2,24,30,31)/p+2/t11-,12+,13?,14?,15-,16-,17-,18?,19?,20?,21?/m0/s1. The minimum absolute atomic E-state index is 0.0993. The molecule has 4 unspecified atom stereocenters. The molecule has 0 amide bonds. The van der Waals surface area contributed by atoms with Crippen LogP contribution in [0.5, 0.6) is 0 Å². The molecule has 0 spiro atoms. The molecule has 2 aliphatic heterocycles. The normalized spacial score (nSPS) is 48.4. The average molecular weight is 489 g/mol. The van der Waals surface area contributed by atoms with Crippen LogP contribution < -0.4 is 43.2 Å². The molecule has 13 N–H and O–H groups in total. The molecule has 3 saturated carbocycles. The zero-order chi connectivity index (χ0) is 23.2. The molecule has 5 fully saturated rings. The second kappa shape index (κ2) is 9.92. The third-order valence-electron chi connectivity index (χ3n) is 8.89. The smallest absolute Gasteiger partial charge is 0.211 e. The van der Waals surface area contributed by atoms with Gasteiger partial charge in [0.1, 0.15) is 12.5 Å². The lowest BCUT2D eigenvalue weighted by Crippen LogP contribution is -2.75. The molecule has 9 atom stereocenters. The number of fused-ring (bicyclic) bond motifs is 2. The van der Waals surface area contributed by atoms with Gasteiger partial charge in [0.2, 0.25) is 10.0 Å². The second-order valence-electron chi connectivity index (χ2n) is 11.1. The van der Waals surface area contributed by atoms with Gasteiger partial charge in [0.25, 0.3) is 0 Å². The van der Waals surface area contributed by atoms with Crippen molar-refractivity contribution in [1.82, 2.24) is 26.6 Å². The van der Waals surface area contributed by atoms with Crippen LogP contribution in [0.2, 0.25) is 0 Å². The fourth-order valence-corrected chi connectivity index (χ4v) is 8.17. The molecule has 0 aromatic rings. The molecule has 5 rings (SSSR count). The maximum absolute atomic E-state index is 11.6. The predicted octanol–water partition coefficient (Wildman–Crippen LogP) is -3.50. The van der Waals surface area contributed by atoms with E-state index in [-0.39, 0.29) is 30.8 Å². The van der Waals surface area contributed by atoms with Crippen molar-refractivity contribution < 1.29 is 24.6 Å². The zero-order valence-electron chi connectivity index (χ0n) is 19.5. The van der Waals surface area contributed by atoms with E-state index in [1.54, 1.807) is 0 Å². The number of hydrogen-bond donors (Lipinski definition) is 8. The van der Waals surface area contributed by atoms with E-state index < -0.39 is 15.3 Å². The number of nitrogens with two attached hydrogens (primary N) is 1. The van der Waals surface area contributed by atoms with Gasteiger partial charge < -0.3 is 16.2 Å². The highest BCUT2D eigenvalue weighted by molar-refractivity contribution is 7.89. The minimum Gasteiger partial charge on any atom is -0.361 e. The van der Waals surface area contributed by atoms with Crippen LogP contribution in [-0.4, -0.2) is 69.8 Å². The molecular weight excluding hydrogens is 444 g/mol. The van der Waals surface area contributed by atoms with Crippen molar-refractivity contribution in [3.05, 3.63) is 0 Å². The highest BCUT2D eigenvalue weighted by Gasteiger charge is 2.48. The first-order valence-electron chi connectivity index (χ1n) is 12.8. The molecule has 11 nitrogen and oxygen atoms in total. The zero-order valence-corrected chi connectivity index (χ0v) is 20.4. The van der Waals surface area contributed by atoms with Gasteiger partial charge in [-0.25, -0.2) is 13.6 Å². The molecule has 0 aromatic carbocycles. The molecule has 2 saturated heterocycles. The SMILES string of the molecule is NS(=O)(=O)C1CCC(NC2NC3NCNC3C(OC[C@H]3C[C@H]4CC[C@H]([NH3+])[C@H]4[C@@H]([NH3+])C3)N2)CC1. The lowest BCUT2D eigenvalue weighted by atomic mass is 9.72. The van der Waals surface area contributed by atoms with E-state index in [4.69, 9.17) is 9.88 Å². The Hall–Kier alpha value is -0.410. The topological polar surface area (TPSA) is 185 Å². The summed E-state index contributed by atoms with van der Waals surface area (Å²) in [6.07, 6.45) is 7.65. The summed E-state index contributed by atoms with van der Waals surface area (Å²) in [5.41, 5.74) is 8.87. The molecule has 0 radical (unpaired) electrons. The Morgan fingerprint density at radius 3 is 2.52 bits per heavy atom. The number of ether oxygens (including phenoxy) is 1. The summed E-state index contributed by atoms with van der Waals surface area (Å²) < 4.78 is 29.8. The Morgan fingerprint density at radius 2 is 1.76 bits per heavy atom. The Balaban J connectivity index is 1.14. The Kier molecular flexibility index (Phi) is 7.30. The third kappa shape index (κ3) is 5.40. The number of hydrogen-bond acceptors (Lipinski definition) is 8. The predicted molar refractivity (Wildman–Crippen MR) is 123 cm³/mol. The third-order valence-corrected chi connectivity index (χ3v) is 10.3. The van der Waals surface area contributed by atoms with Crippen molar-refractivity contribution in [1.29, 1.82) is 0 Å². The van der Waals surface area contributed by atoms with Gasteiger partial charge in [-0.3, -0.25) is 26.6 Å². The average Bonchev–Trinajstić information content (AvgIpc) is 3.38. The Bertz CT molecular complexity index is 779. The first kappa shape index (κ1) is 24.3. The van der Waals surface area contributed by atoms with Gasteiger partial charge in [0.15, 0.2) is 0 Å². The van der Waals surface area contributed by atoms with Gasteiger partial charge in [-0.1, -0.05) is 0 Å². The Morgan fingerprint density at radius 1 is 0.970 bits per heavy atom. The summed E-state index contributed by atoms with van der Waals surface area (Å²) in [7, 11) is -3.44. The number of primary sulfonamides is 1. The van der Waals surface area contributed by atoms with Crippen LogP contribution in [0, 0.1) is 17.8 Å². The van der Waals surface area contributed by atoms with Gasteiger partial charge in [-0.15, -0.1) is 0 Å². The van der Waals surface area contributed by atoms with E-state index in [1.807, 2.05) is 0 Å². The van der Waals surface area contributed by atoms with Crippen molar-refractivity contribution >= 4 is 10.0 Å². The summed E-state index contributed by atoms with van der Waals surface area (Å²) in [4.78, 5) is 0. The van der Waals surface area contributed by atoms with Crippen molar-refractivity contribution in [2.75, 3.05) is 13.3 Å². The number of quaternary nitrogens is 2. The summed E-state index contributed by atoms with van der Waals surface area (Å²) in [6.45, 7) is 1.50. The molecule has 190 valence electrons. The van der Waals surface area contributed by atoms with E-state index in [1.165, 1.54) is 19.3 Å². The number of sulfonamides is 1.